The van der Waals surface area contributed by atoms with E-state index >= 15 is 0 Å². The SMILES string of the molecule is O=C1CC[C@H](C(=O)NCc2nnc3n2CCNCC3)N1. The molecule has 2 amide bonds. The quantitative estimate of drug-likeness (QED) is 0.613. The van der Waals surface area contributed by atoms with Crippen molar-refractivity contribution in [2.45, 2.75) is 38.4 Å². The lowest BCUT2D eigenvalue weighted by Gasteiger charge is -2.11. The van der Waals surface area contributed by atoms with Crippen LogP contribution >= 0.6 is 0 Å². The average Bonchev–Trinajstić information content (AvgIpc) is 2.96. The predicted molar refractivity (Wildman–Crippen MR) is 69.6 cm³/mol. The Balaban J connectivity index is 1.60. The molecule has 0 radical (unpaired) electrons. The van der Waals surface area contributed by atoms with Crippen LogP contribution in [0.4, 0.5) is 0 Å². The minimum Gasteiger partial charge on any atom is -0.347 e. The highest BCUT2D eigenvalue weighted by atomic mass is 16.2. The van der Waals surface area contributed by atoms with Crippen LogP contribution in [0, 0.1) is 0 Å². The van der Waals surface area contributed by atoms with Gasteiger partial charge < -0.3 is 20.5 Å². The summed E-state index contributed by atoms with van der Waals surface area (Å²) in [5.74, 6) is 1.50. The molecule has 1 saturated heterocycles. The van der Waals surface area contributed by atoms with Crippen LogP contribution in [0.25, 0.3) is 0 Å². The molecule has 0 bridgehead atoms. The molecule has 3 N–H and O–H groups in total. The summed E-state index contributed by atoms with van der Waals surface area (Å²) < 4.78 is 2.05. The summed E-state index contributed by atoms with van der Waals surface area (Å²) in [5, 5.41) is 17.1. The fourth-order valence-corrected chi connectivity index (χ4v) is 2.56. The standard InChI is InChI=1S/C12H18N6O2/c19-11-2-1-8(15-11)12(20)14-7-10-17-16-9-3-4-13-5-6-18(9)10/h8,13H,1-7H2,(H,14,20)(H,15,19)/t8-/m1/s1. The second kappa shape index (κ2) is 5.58. The Labute approximate surface area is 116 Å². The van der Waals surface area contributed by atoms with Gasteiger partial charge in [0.1, 0.15) is 11.9 Å². The molecule has 2 aliphatic rings. The number of carbonyl (C=O) groups excluding carboxylic acids is 2. The number of carbonyl (C=O) groups is 2. The number of aromatic nitrogens is 3. The molecule has 1 aromatic rings. The first-order valence-corrected chi connectivity index (χ1v) is 6.93. The zero-order chi connectivity index (χ0) is 13.9. The van der Waals surface area contributed by atoms with E-state index < -0.39 is 6.04 Å². The van der Waals surface area contributed by atoms with Crippen molar-refractivity contribution in [3.05, 3.63) is 11.6 Å². The Morgan fingerprint density at radius 1 is 1.35 bits per heavy atom. The first kappa shape index (κ1) is 13.0. The molecule has 2 aliphatic heterocycles. The van der Waals surface area contributed by atoms with E-state index in [1.165, 1.54) is 0 Å². The predicted octanol–water partition coefficient (Wildman–Crippen LogP) is -1.68. The highest BCUT2D eigenvalue weighted by molar-refractivity contribution is 5.90. The molecule has 3 rings (SSSR count). The summed E-state index contributed by atoms with van der Waals surface area (Å²) in [4.78, 5) is 23.0. The molecule has 1 aromatic heterocycles. The number of nitrogens with zero attached hydrogens (tertiary/aromatic N) is 3. The summed E-state index contributed by atoms with van der Waals surface area (Å²) in [7, 11) is 0. The van der Waals surface area contributed by atoms with E-state index in [-0.39, 0.29) is 11.8 Å². The number of hydrogen-bond donors (Lipinski definition) is 3. The number of fused-ring (bicyclic) bond motifs is 1. The fourth-order valence-electron chi connectivity index (χ4n) is 2.56. The summed E-state index contributed by atoms with van der Waals surface area (Å²) in [5.41, 5.74) is 0. The van der Waals surface area contributed by atoms with Crippen LogP contribution in [0.3, 0.4) is 0 Å². The molecule has 0 aromatic carbocycles. The fraction of sp³-hybridized carbons (Fsp3) is 0.667. The topological polar surface area (TPSA) is 101 Å². The highest BCUT2D eigenvalue weighted by Crippen LogP contribution is 2.08. The van der Waals surface area contributed by atoms with Crippen LogP contribution in [0.15, 0.2) is 0 Å². The number of hydrogen-bond acceptors (Lipinski definition) is 5. The summed E-state index contributed by atoms with van der Waals surface area (Å²) in [6, 6.07) is -0.407. The molecule has 8 nitrogen and oxygen atoms in total. The van der Waals surface area contributed by atoms with E-state index in [0.29, 0.717) is 19.4 Å². The van der Waals surface area contributed by atoms with Crippen LogP contribution in [-0.2, 0) is 29.1 Å². The molecule has 0 saturated carbocycles. The lowest BCUT2D eigenvalue weighted by molar-refractivity contribution is -0.125. The van der Waals surface area contributed by atoms with Gasteiger partial charge in [0.25, 0.3) is 0 Å². The van der Waals surface area contributed by atoms with Crippen molar-refractivity contribution < 1.29 is 9.59 Å². The van der Waals surface area contributed by atoms with Crippen molar-refractivity contribution in [2.75, 3.05) is 13.1 Å². The van der Waals surface area contributed by atoms with Gasteiger partial charge in [0.2, 0.25) is 11.8 Å². The first-order valence-electron chi connectivity index (χ1n) is 6.93. The second-order valence-corrected chi connectivity index (χ2v) is 5.06. The molecule has 3 heterocycles. The monoisotopic (exact) mass is 278 g/mol. The van der Waals surface area contributed by atoms with Crippen molar-refractivity contribution in [1.82, 2.24) is 30.7 Å². The number of nitrogens with one attached hydrogen (secondary N) is 3. The Bertz CT molecular complexity index is 526. The van der Waals surface area contributed by atoms with E-state index in [4.69, 9.17) is 0 Å². The maximum Gasteiger partial charge on any atom is 0.242 e. The molecular weight excluding hydrogens is 260 g/mol. The zero-order valence-electron chi connectivity index (χ0n) is 11.2. The van der Waals surface area contributed by atoms with Crippen molar-refractivity contribution in [1.29, 1.82) is 0 Å². The minimum absolute atomic E-state index is 0.0624. The van der Waals surface area contributed by atoms with Gasteiger partial charge in [0, 0.05) is 32.5 Å². The molecule has 108 valence electrons. The van der Waals surface area contributed by atoms with Gasteiger partial charge in [-0.05, 0) is 6.42 Å². The Kier molecular flexibility index (Phi) is 3.64. The molecule has 1 atom stereocenters. The maximum absolute atomic E-state index is 11.9. The van der Waals surface area contributed by atoms with Gasteiger partial charge >= 0.3 is 0 Å². The van der Waals surface area contributed by atoms with Gasteiger partial charge in [-0.15, -0.1) is 10.2 Å². The Hall–Kier alpha value is -1.96. The molecule has 20 heavy (non-hydrogen) atoms. The van der Waals surface area contributed by atoms with Gasteiger partial charge in [0.05, 0.1) is 6.54 Å². The number of amides is 2. The number of rotatable bonds is 3. The van der Waals surface area contributed by atoms with Crippen LogP contribution in [-0.4, -0.2) is 45.7 Å². The van der Waals surface area contributed by atoms with Crippen LogP contribution in [0.1, 0.15) is 24.5 Å². The van der Waals surface area contributed by atoms with Crippen LogP contribution < -0.4 is 16.0 Å². The first-order chi connectivity index (χ1) is 9.74. The van der Waals surface area contributed by atoms with Crippen molar-refractivity contribution in [2.24, 2.45) is 0 Å². The zero-order valence-corrected chi connectivity index (χ0v) is 11.2. The molecule has 0 aliphatic carbocycles. The smallest absolute Gasteiger partial charge is 0.242 e. The largest absolute Gasteiger partial charge is 0.347 e. The third-order valence-electron chi connectivity index (χ3n) is 3.67. The van der Waals surface area contributed by atoms with Crippen LogP contribution in [0.2, 0.25) is 0 Å². The molecule has 0 spiro atoms. The molecule has 8 heteroatoms. The lowest BCUT2D eigenvalue weighted by Crippen LogP contribution is -2.41. The normalized spacial score (nSPS) is 22.0. The van der Waals surface area contributed by atoms with E-state index in [2.05, 4.69) is 26.1 Å². The van der Waals surface area contributed by atoms with Gasteiger partial charge in [-0.1, -0.05) is 0 Å². The van der Waals surface area contributed by atoms with E-state index in [1.807, 2.05) is 4.57 Å². The Morgan fingerprint density at radius 3 is 3.05 bits per heavy atom. The highest BCUT2D eigenvalue weighted by Gasteiger charge is 2.27. The van der Waals surface area contributed by atoms with E-state index in [0.717, 1.165) is 37.7 Å². The van der Waals surface area contributed by atoms with Crippen molar-refractivity contribution in [3.63, 3.8) is 0 Å². The van der Waals surface area contributed by atoms with Gasteiger partial charge in [-0.25, -0.2) is 0 Å². The lowest BCUT2D eigenvalue weighted by atomic mass is 10.2. The van der Waals surface area contributed by atoms with E-state index in [9.17, 15) is 9.59 Å². The van der Waals surface area contributed by atoms with Gasteiger partial charge in [-0.3, -0.25) is 9.59 Å². The summed E-state index contributed by atoms with van der Waals surface area (Å²) in [6.07, 6.45) is 1.83. The molecular formula is C12H18N6O2. The average molecular weight is 278 g/mol. The third-order valence-corrected chi connectivity index (χ3v) is 3.67. The Morgan fingerprint density at radius 2 is 2.25 bits per heavy atom. The van der Waals surface area contributed by atoms with Gasteiger partial charge in [0.15, 0.2) is 5.82 Å². The van der Waals surface area contributed by atoms with Crippen molar-refractivity contribution in [3.8, 4) is 0 Å². The maximum atomic E-state index is 11.9. The summed E-state index contributed by atoms with van der Waals surface area (Å²) in [6.45, 7) is 2.94. The molecule has 1 fully saturated rings. The van der Waals surface area contributed by atoms with Gasteiger partial charge in [-0.2, -0.15) is 0 Å². The minimum atomic E-state index is -0.407. The summed E-state index contributed by atoms with van der Waals surface area (Å²) >= 11 is 0. The van der Waals surface area contributed by atoms with Crippen LogP contribution in [0.5, 0.6) is 0 Å². The van der Waals surface area contributed by atoms with Crippen molar-refractivity contribution >= 4 is 11.8 Å². The second-order valence-electron chi connectivity index (χ2n) is 5.06. The molecule has 0 unspecified atom stereocenters. The van der Waals surface area contributed by atoms with E-state index in [1.54, 1.807) is 0 Å². The third kappa shape index (κ3) is 2.64.